The number of hydrogen-bond acceptors (Lipinski definition) is 2. The van der Waals surface area contributed by atoms with E-state index in [1.807, 2.05) is 0 Å². The predicted molar refractivity (Wildman–Crippen MR) is 70.9 cm³/mol. The van der Waals surface area contributed by atoms with Crippen LogP contribution in [-0.4, -0.2) is 11.6 Å². The molecule has 0 radical (unpaired) electrons. The van der Waals surface area contributed by atoms with Crippen LogP contribution in [0.2, 0.25) is 0 Å². The summed E-state index contributed by atoms with van der Waals surface area (Å²) >= 11 is 0. The van der Waals surface area contributed by atoms with Gasteiger partial charge in [-0.2, -0.15) is 0 Å². The number of esters is 1. The Morgan fingerprint density at radius 1 is 1.22 bits per heavy atom. The third-order valence-corrected chi connectivity index (χ3v) is 5.85. The van der Waals surface area contributed by atoms with E-state index >= 15 is 0 Å². The summed E-state index contributed by atoms with van der Waals surface area (Å²) in [5, 5.41) is 0. The molecule has 3 saturated carbocycles. The second-order valence-electron chi connectivity index (χ2n) is 6.99. The first-order valence-electron chi connectivity index (χ1n) is 7.38. The van der Waals surface area contributed by atoms with Crippen LogP contribution < -0.4 is 0 Å². The van der Waals surface area contributed by atoms with Gasteiger partial charge in [-0.1, -0.05) is 13.0 Å². The fourth-order valence-electron chi connectivity index (χ4n) is 5.24. The minimum atomic E-state index is -0.321. The van der Waals surface area contributed by atoms with E-state index in [0.29, 0.717) is 5.92 Å². The minimum absolute atomic E-state index is 0.272. The third-order valence-electron chi connectivity index (χ3n) is 5.85. The molecule has 3 rings (SSSR count). The van der Waals surface area contributed by atoms with Gasteiger partial charge >= 0.3 is 5.97 Å². The Kier molecular flexibility index (Phi) is 2.80. The summed E-state index contributed by atoms with van der Waals surface area (Å²) < 4.78 is 5.62. The molecule has 5 atom stereocenters. The summed E-state index contributed by atoms with van der Waals surface area (Å²) in [6.45, 7) is 7.67. The van der Waals surface area contributed by atoms with E-state index in [-0.39, 0.29) is 11.6 Å². The summed E-state index contributed by atoms with van der Waals surface area (Å²) in [5.74, 6) is 3.92. The second kappa shape index (κ2) is 4.11. The lowest BCUT2D eigenvalue weighted by molar-refractivity contribution is -0.158. The summed E-state index contributed by atoms with van der Waals surface area (Å²) in [7, 11) is 0. The first-order chi connectivity index (χ1) is 8.53. The lowest BCUT2D eigenvalue weighted by atomic mass is 9.70. The van der Waals surface area contributed by atoms with Crippen molar-refractivity contribution >= 4 is 5.97 Å². The molecule has 0 N–H and O–H groups in total. The highest BCUT2D eigenvalue weighted by Gasteiger charge is 2.57. The lowest BCUT2D eigenvalue weighted by Gasteiger charge is -2.40. The van der Waals surface area contributed by atoms with Gasteiger partial charge in [0.1, 0.15) is 5.60 Å². The van der Waals surface area contributed by atoms with Crippen LogP contribution >= 0.6 is 0 Å². The topological polar surface area (TPSA) is 26.3 Å². The van der Waals surface area contributed by atoms with Crippen molar-refractivity contribution < 1.29 is 9.53 Å². The molecule has 0 aromatic carbocycles. The number of rotatable bonds is 3. The molecule has 2 heteroatoms. The molecule has 0 aromatic rings. The molecular formula is C16H24O2. The Morgan fingerprint density at radius 2 is 1.94 bits per heavy atom. The van der Waals surface area contributed by atoms with Crippen molar-refractivity contribution in [3.8, 4) is 0 Å². The van der Waals surface area contributed by atoms with E-state index in [1.54, 1.807) is 0 Å². The average molecular weight is 248 g/mol. The van der Waals surface area contributed by atoms with Crippen molar-refractivity contribution in [1.82, 2.24) is 0 Å². The van der Waals surface area contributed by atoms with Crippen molar-refractivity contribution in [2.75, 3.05) is 0 Å². The number of carbonyl (C=O) groups excluding carboxylic acids is 1. The van der Waals surface area contributed by atoms with Gasteiger partial charge in [0, 0.05) is 12.0 Å². The number of carbonyl (C=O) groups is 1. The van der Waals surface area contributed by atoms with E-state index in [2.05, 4.69) is 20.4 Å². The van der Waals surface area contributed by atoms with Crippen LogP contribution in [0.25, 0.3) is 0 Å². The molecule has 0 saturated heterocycles. The Hall–Kier alpha value is -0.790. The van der Waals surface area contributed by atoms with Crippen molar-refractivity contribution in [2.45, 2.75) is 51.6 Å². The Labute approximate surface area is 110 Å². The third kappa shape index (κ3) is 1.72. The Morgan fingerprint density at radius 3 is 2.67 bits per heavy atom. The summed E-state index contributed by atoms with van der Waals surface area (Å²) in [4.78, 5) is 11.5. The van der Waals surface area contributed by atoms with E-state index in [4.69, 9.17) is 4.74 Å². The molecule has 100 valence electrons. The molecule has 3 aliphatic rings. The maximum atomic E-state index is 11.5. The molecule has 5 unspecified atom stereocenters. The summed E-state index contributed by atoms with van der Waals surface area (Å²) in [6, 6.07) is 0. The molecule has 3 fully saturated rings. The molecule has 0 aromatic heterocycles. The summed E-state index contributed by atoms with van der Waals surface area (Å²) in [5.41, 5.74) is -0.321. The van der Waals surface area contributed by atoms with Crippen LogP contribution in [0.4, 0.5) is 0 Å². The Bertz CT molecular complexity index is 371. The second-order valence-corrected chi connectivity index (χ2v) is 6.99. The average Bonchev–Trinajstić information content (AvgIpc) is 2.99. The number of ether oxygens (including phenoxy) is 1. The maximum absolute atomic E-state index is 11.5. The van der Waals surface area contributed by atoms with Crippen LogP contribution in [-0.2, 0) is 9.53 Å². The lowest BCUT2D eigenvalue weighted by Crippen LogP contribution is -2.42. The van der Waals surface area contributed by atoms with Gasteiger partial charge in [0.25, 0.3) is 0 Å². The van der Waals surface area contributed by atoms with Crippen LogP contribution in [0.1, 0.15) is 46.0 Å². The SMILES string of the molecule is C=CC(=O)OC(C)(C)C1CC2CC1C1CCCC21. The van der Waals surface area contributed by atoms with Gasteiger partial charge in [0.15, 0.2) is 0 Å². The molecule has 0 heterocycles. The predicted octanol–water partition coefficient (Wildman–Crippen LogP) is 3.57. The monoisotopic (exact) mass is 248 g/mol. The standard InChI is InChI=1S/C16H24O2/c1-4-15(17)18-16(2,3)14-9-10-8-13(14)12-7-5-6-11(10)12/h4,10-14H,1,5-9H2,2-3H3. The maximum Gasteiger partial charge on any atom is 0.330 e. The zero-order valence-electron chi connectivity index (χ0n) is 11.5. The highest BCUT2D eigenvalue weighted by Crippen LogP contribution is 2.63. The fourth-order valence-corrected chi connectivity index (χ4v) is 5.24. The number of hydrogen-bond donors (Lipinski definition) is 0. The van der Waals surface area contributed by atoms with E-state index in [0.717, 1.165) is 23.7 Å². The molecule has 2 bridgehead atoms. The van der Waals surface area contributed by atoms with Gasteiger partial charge in [0.2, 0.25) is 0 Å². The van der Waals surface area contributed by atoms with Crippen LogP contribution in [0.15, 0.2) is 12.7 Å². The van der Waals surface area contributed by atoms with Crippen molar-refractivity contribution in [3.63, 3.8) is 0 Å². The van der Waals surface area contributed by atoms with Gasteiger partial charge in [-0.05, 0) is 63.2 Å². The molecule has 0 aliphatic heterocycles. The molecule has 2 nitrogen and oxygen atoms in total. The van der Waals surface area contributed by atoms with Gasteiger partial charge in [0.05, 0.1) is 0 Å². The molecule has 0 amide bonds. The highest BCUT2D eigenvalue weighted by molar-refractivity contribution is 5.81. The van der Waals surface area contributed by atoms with Gasteiger partial charge in [-0.15, -0.1) is 0 Å². The smallest absolute Gasteiger partial charge is 0.330 e. The fraction of sp³-hybridized carbons (Fsp3) is 0.812. The van der Waals surface area contributed by atoms with Crippen LogP contribution in [0, 0.1) is 29.6 Å². The molecule has 3 aliphatic carbocycles. The highest BCUT2D eigenvalue weighted by atomic mass is 16.6. The van der Waals surface area contributed by atoms with Crippen molar-refractivity contribution in [1.29, 1.82) is 0 Å². The first-order valence-corrected chi connectivity index (χ1v) is 7.38. The van der Waals surface area contributed by atoms with E-state index in [1.165, 1.54) is 38.2 Å². The minimum Gasteiger partial charge on any atom is -0.456 e. The van der Waals surface area contributed by atoms with Crippen LogP contribution in [0.3, 0.4) is 0 Å². The summed E-state index contributed by atoms with van der Waals surface area (Å²) in [6.07, 6.45) is 8.22. The van der Waals surface area contributed by atoms with Crippen molar-refractivity contribution in [3.05, 3.63) is 12.7 Å². The van der Waals surface area contributed by atoms with E-state index < -0.39 is 0 Å². The Balaban J connectivity index is 1.74. The van der Waals surface area contributed by atoms with E-state index in [9.17, 15) is 4.79 Å². The first kappa shape index (κ1) is 12.3. The zero-order valence-corrected chi connectivity index (χ0v) is 11.5. The largest absolute Gasteiger partial charge is 0.456 e. The van der Waals surface area contributed by atoms with Gasteiger partial charge in [-0.3, -0.25) is 0 Å². The van der Waals surface area contributed by atoms with Crippen molar-refractivity contribution in [2.24, 2.45) is 29.6 Å². The van der Waals surface area contributed by atoms with Crippen LogP contribution in [0.5, 0.6) is 0 Å². The quantitative estimate of drug-likeness (QED) is 0.564. The van der Waals surface area contributed by atoms with Gasteiger partial charge < -0.3 is 4.74 Å². The molecule has 0 spiro atoms. The number of fused-ring (bicyclic) bond motifs is 5. The zero-order chi connectivity index (χ0) is 12.9. The van der Waals surface area contributed by atoms with Gasteiger partial charge in [-0.25, -0.2) is 4.79 Å². The molecular weight excluding hydrogens is 224 g/mol. The molecule has 18 heavy (non-hydrogen) atoms. The normalized spacial score (nSPS) is 41.8.